The standard InChI is InChI=1S/C20H20N4.BrH/c1-15-5-2-9-19(11-15)24-20(21)23-13-16-6-3-7-17(12-16)18-8-4-10-22-14-18;/h2-12,14H,13H2,1H3,(H3,21,23,24);1H. The van der Waals surface area contributed by atoms with E-state index in [1.807, 2.05) is 61.7 Å². The molecule has 0 radical (unpaired) electrons. The Morgan fingerprint density at radius 2 is 1.84 bits per heavy atom. The fourth-order valence-electron chi connectivity index (χ4n) is 2.47. The summed E-state index contributed by atoms with van der Waals surface area (Å²) in [6.07, 6.45) is 3.63. The predicted octanol–water partition coefficient (Wildman–Crippen LogP) is 4.56. The van der Waals surface area contributed by atoms with E-state index in [9.17, 15) is 0 Å². The SMILES string of the molecule is Br.Cc1cccc(NC(N)=NCc2cccc(-c3cccnc3)c2)c1. The largest absolute Gasteiger partial charge is 0.370 e. The molecule has 5 heteroatoms. The molecule has 0 aliphatic heterocycles. The number of nitrogens with two attached hydrogens (primary N) is 1. The lowest BCUT2D eigenvalue weighted by Crippen LogP contribution is -2.22. The Morgan fingerprint density at radius 1 is 1.04 bits per heavy atom. The first kappa shape index (κ1) is 18.7. The van der Waals surface area contributed by atoms with Crippen LogP contribution in [0.4, 0.5) is 5.69 Å². The highest BCUT2D eigenvalue weighted by molar-refractivity contribution is 8.93. The maximum atomic E-state index is 5.98. The second-order valence-electron chi connectivity index (χ2n) is 5.64. The molecule has 0 amide bonds. The van der Waals surface area contributed by atoms with E-state index >= 15 is 0 Å². The predicted molar refractivity (Wildman–Crippen MR) is 110 cm³/mol. The van der Waals surface area contributed by atoms with E-state index in [-0.39, 0.29) is 17.0 Å². The number of aromatic nitrogens is 1. The number of guanidine groups is 1. The van der Waals surface area contributed by atoms with Gasteiger partial charge in [0.2, 0.25) is 0 Å². The number of pyridine rings is 1. The van der Waals surface area contributed by atoms with Crippen molar-refractivity contribution < 1.29 is 0 Å². The molecule has 3 aromatic rings. The van der Waals surface area contributed by atoms with Crippen molar-refractivity contribution in [1.82, 2.24) is 4.98 Å². The van der Waals surface area contributed by atoms with Gasteiger partial charge in [-0.1, -0.05) is 36.4 Å². The minimum Gasteiger partial charge on any atom is -0.370 e. The zero-order valence-electron chi connectivity index (χ0n) is 14.0. The molecule has 2 aromatic carbocycles. The Morgan fingerprint density at radius 3 is 2.60 bits per heavy atom. The summed E-state index contributed by atoms with van der Waals surface area (Å²) in [5.41, 5.74) is 11.4. The summed E-state index contributed by atoms with van der Waals surface area (Å²) in [6, 6.07) is 20.3. The Bertz CT molecular complexity index is 847. The summed E-state index contributed by atoms with van der Waals surface area (Å²) in [5, 5.41) is 3.12. The normalized spacial score (nSPS) is 10.8. The first-order chi connectivity index (χ1) is 11.7. The number of halogens is 1. The molecule has 0 bridgehead atoms. The van der Waals surface area contributed by atoms with Crippen LogP contribution in [0.15, 0.2) is 78.0 Å². The second kappa shape index (κ2) is 8.99. The molecule has 0 saturated heterocycles. The van der Waals surface area contributed by atoms with Crippen LogP contribution in [0.5, 0.6) is 0 Å². The molecule has 0 unspecified atom stereocenters. The van der Waals surface area contributed by atoms with Crippen LogP contribution in [0, 0.1) is 6.92 Å². The molecule has 0 spiro atoms. The molecule has 0 atom stereocenters. The monoisotopic (exact) mass is 396 g/mol. The number of aliphatic imine (C=N–C) groups is 1. The van der Waals surface area contributed by atoms with Crippen molar-refractivity contribution in [2.75, 3.05) is 5.32 Å². The minimum atomic E-state index is 0. The maximum Gasteiger partial charge on any atom is 0.193 e. The van der Waals surface area contributed by atoms with Crippen molar-refractivity contribution in [2.45, 2.75) is 13.5 Å². The van der Waals surface area contributed by atoms with E-state index in [1.54, 1.807) is 6.20 Å². The van der Waals surface area contributed by atoms with Crippen LogP contribution < -0.4 is 11.1 Å². The lowest BCUT2D eigenvalue weighted by Gasteiger charge is -2.07. The van der Waals surface area contributed by atoms with E-state index in [1.165, 1.54) is 5.56 Å². The number of aryl methyl sites for hydroxylation is 1. The van der Waals surface area contributed by atoms with Crippen LogP contribution in [-0.2, 0) is 6.54 Å². The van der Waals surface area contributed by atoms with E-state index < -0.39 is 0 Å². The molecule has 25 heavy (non-hydrogen) atoms. The van der Waals surface area contributed by atoms with Crippen molar-refractivity contribution in [3.8, 4) is 11.1 Å². The van der Waals surface area contributed by atoms with Crippen LogP contribution in [-0.4, -0.2) is 10.9 Å². The third kappa shape index (κ3) is 5.43. The summed E-state index contributed by atoms with van der Waals surface area (Å²) in [4.78, 5) is 8.58. The number of nitrogens with one attached hydrogen (secondary N) is 1. The average Bonchev–Trinajstić information content (AvgIpc) is 2.61. The van der Waals surface area contributed by atoms with E-state index in [0.717, 1.165) is 22.4 Å². The van der Waals surface area contributed by atoms with E-state index in [0.29, 0.717) is 12.5 Å². The molecule has 3 rings (SSSR count). The lowest BCUT2D eigenvalue weighted by atomic mass is 10.1. The summed E-state index contributed by atoms with van der Waals surface area (Å²) in [6.45, 7) is 2.57. The number of rotatable bonds is 4. The number of anilines is 1. The van der Waals surface area contributed by atoms with Gasteiger partial charge in [0.05, 0.1) is 6.54 Å². The first-order valence-corrected chi connectivity index (χ1v) is 7.84. The van der Waals surface area contributed by atoms with Gasteiger partial charge in [-0.2, -0.15) is 0 Å². The van der Waals surface area contributed by atoms with Gasteiger partial charge in [-0.3, -0.25) is 4.98 Å². The minimum absolute atomic E-state index is 0. The van der Waals surface area contributed by atoms with Crippen molar-refractivity contribution in [3.05, 3.63) is 84.2 Å². The molecule has 1 heterocycles. The molecule has 0 fully saturated rings. The smallest absolute Gasteiger partial charge is 0.193 e. The molecule has 3 N–H and O–H groups in total. The zero-order chi connectivity index (χ0) is 16.8. The van der Waals surface area contributed by atoms with Crippen molar-refractivity contribution in [2.24, 2.45) is 10.7 Å². The summed E-state index contributed by atoms with van der Waals surface area (Å²) in [5.74, 6) is 0.410. The van der Waals surface area contributed by atoms with Crippen LogP contribution in [0.25, 0.3) is 11.1 Å². The molecule has 0 saturated carbocycles. The topological polar surface area (TPSA) is 63.3 Å². The van der Waals surface area contributed by atoms with Crippen molar-refractivity contribution in [1.29, 1.82) is 0 Å². The van der Waals surface area contributed by atoms with Gasteiger partial charge in [-0.25, -0.2) is 4.99 Å². The Balaban J connectivity index is 0.00000225. The van der Waals surface area contributed by atoms with Gasteiger partial charge in [0, 0.05) is 18.1 Å². The maximum absolute atomic E-state index is 5.98. The van der Waals surface area contributed by atoms with Gasteiger partial charge >= 0.3 is 0 Å². The number of hydrogen-bond donors (Lipinski definition) is 2. The van der Waals surface area contributed by atoms with Gasteiger partial charge in [0.1, 0.15) is 0 Å². The Labute approximate surface area is 158 Å². The molecule has 1 aromatic heterocycles. The van der Waals surface area contributed by atoms with Crippen LogP contribution >= 0.6 is 17.0 Å². The summed E-state index contributed by atoms with van der Waals surface area (Å²) in [7, 11) is 0. The molecule has 4 nitrogen and oxygen atoms in total. The van der Waals surface area contributed by atoms with E-state index in [2.05, 4.69) is 27.4 Å². The van der Waals surface area contributed by atoms with E-state index in [4.69, 9.17) is 5.73 Å². The van der Waals surface area contributed by atoms with Crippen molar-refractivity contribution >= 4 is 28.6 Å². The fourth-order valence-corrected chi connectivity index (χ4v) is 2.47. The Kier molecular flexibility index (Phi) is 6.71. The van der Waals surface area contributed by atoms with Gasteiger partial charge in [0.15, 0.2) is 5.96 Å². The number of hydrogen-bond acceptors (Lipinski definition) is 2. The molecular weight excluding hydrogens is 376 g/mol. The third-order valence-electron chi connectivity index (χ3n) is 3.64. The highest BCUT2D eigenvalue weighted by atomic mass is 79.9. The van der Waals surface area contributed by atoms with Gasteiger partial charge in [-0.15, -0.1) is 17.0 Å². The van der Waals surface area contributed by atoms with Gasteiger partial charge < -0.3 is 11.1 Å². The molecule has 0 aliphatic carbocycles. The summed E-state index contributed by atoms with van der Waals surface area (Å²) >= 11 is 0. The van der Waals surface area contributed by atoms with Gasteiger partial charge in [-0.05, 0) is 53.4 Å². The van der Waals surface area contributed by atoms with Crippen LogP contribution in [0.1, 0.15) is 11.1 Å². The molecule has 128 valence electrons. The van der Waals surface area contributed by atoms with Gasteiger partial charge in [0.25, 0.3) is 0 Å². The quantitative estimate of drug-likeness (QED) is 0.501. The summed E-state index contributed by atoms with van der Waals surface area (Å²) < 4.78 is 0. The fraction of sp³-hybridized carbons (Fsp3) is 0.100. The van der Waals surface area contributed by atoms with Crippen LogP contribution in [0.3, 0.4) is 0 Å². The third-order valence-corrected chi connectivity index (χ3v) is 3.64. The van der Waals surface area contributed by atoms with Crippen molar-refractivity contribution in [3.63, 3.8) is 0 Å². The number of nitrogens with zero attached hydrogens (tertiary/aromatic N) is 2. The second-order valence-corrected chi connectivity index (χ2v) is 5.64. The zero-order valence-corrected chi connectivity index (χ0v) is 15.7. The molecular formula is C20H21BrN4. The average molecular weight is 397 g/mol. The highest BCUT2D eigenvalue weighted by Crippen LogP contribution is 2.19. The Hall–Kier alpha value is -2.66. The number of benzene rings is 2. The highest BCUT2D eigenvalue weighted by Gasteiger charge is 2.00. The molecule has 0 aliphatic rings. The van der Waals surface area contributed by atoms with Crippen LogP contribution in [0.2, 0.25) is 0 Å². The lowest BCUT2D eigenvalue weighted by molar-refractivity contribution is 1.06. The first-order valence-electron chi connectivity index (χ1n) is 7.84.